The largest absolute Gasteiger partial charge is 0.481 e. The molecule has 0 saturated carbocycles. The average molecular weight is 505 g/mol. The molecule has 11 nitrogen and oxygen atoms in total. The van der Waals surface area contributed by atoms with Gasteiger partial charge < -0.3 is 19.3 Å². The van der Waals surface area contributed by atoms with Gasteiger partial charge in [0, 0.05) is 37.5 Å². The molecular weight excluding hydrogens is 480 g/mol. The Labute approximate surface area is 211 Å². The van der Waals surface area contributed by atoms with Crippen molar-refractivity contribution >= 4 is 46.2 Å². The van der Waals surface area contributed by atoms with E-state index in [4.69, 9.17) is 4.74 Å². The highest BCUT2D eigenvalue weighted by Gasteiger charge is 2.28. The number of rotatable bonds is 6. The number of carbonyl (C=O) groups is 1. The maximum atomic E-state index is 11.3. The Kier molecular flexibility index (Phi) is 5.89. The number of anilines is 3. The lowest BCUT2D eigenvalue weighted by Gasteiger charge is -2.30. The van der Waals surface area contributed by atoms with Crippen LogP contribution in [0, 0.1) is 5.92 Å². The van der Waals surface area contributed by atoms with Crippen LogP contribution in [0.25, 0.3) is 11.2 Å². The minimum absolute atomic E-state index is 0.297. The van der Waals surface area contributed by atoms with E-state index in [1.165, 1.54) is 0 Å². The first-order valence-corrected chi connectivity index (χ1v) is 12.5. The van der Waals surface area contributed by atoms with Crippen LogP contribution < -0.4 is 9.80 Å². The summed E-state index contributed by atoms with van der Waals surface area (Å²) in [6, 6.07) is 6.34. The van der Waals surface area contributed by atoms with Crippen molar-refractivity contribution in [1.82, 2.24) is 29.5 Å². The van der Waals surface area contributed by atoms with E-state index < -0.39 is 5.97 Å². The van der Waals surface area contributed by atoms with Crippen molar-refractivity contribution in [3.63, 3.8) is 0 Å². The van der Waals surface area contributed by atoms with Crippen LogP contribution in [0.4, 0.5) is 17.3 Å². The molecular formula is C24H24N8O3S. The molecule has 36 heavy (non-hydrogen) atoms. The molecule has 0 atom stereocenters. The molecule has 0 bridgehead atoms. The summed E-state index contributed by atoms with van der Waals surface area (Å²) in [6.45, 7) is 2.22. The number of methoxy groups -OCH3 is 1. The molecule has 4 aromatic rings. The lowest BCUT2D eigenvalue weighted by Crippen LogP contribution is -2.36. The number of nitrogens with zero attached hydrogens (tertiary/aromatic N) is 8. The number of hydrogen-bond donors (Lipinski definition) is 1. The highest BCUT2D eigenvalue weighted by atomic mass is 32.2. The highest BCUT2D eigenvalue weighted by Crippen LogP contribution is 2.46. The summed E-state index contributed by atoms with van der Waals surface area (Å²) in [5.74, 6) is 0.515. The Balaban J connectivity index is 1.28. The quantitative estimate of drug-likeness (QED) is 0.416. The molecule has 3 aromatic heterocycles. The van der Waals surface area contributed by atoms with Crippen LogP contribution in [0.3, 0.4) is 0 Å². The van der Waals surface area contributed by atoms with Crippen LogP contribution in [-0.4, -0.2) is 67.5 Å². The molecule has 12 heteroatoms. The smallest absolute Gasteiger partial charge is 0.306 e. The second-order valence-corrected chi connectivity index (χ2v) is 9.81. The molecule has 1 N–H and O–H groups in total. The van der Waals surface area contributed by atoms with Crippen molar-refractivity contribution in [3.8, 4) is 0 Å². The van der Waals surface area contributed by atoms with Crippen molar-refractivity contribution in [1.29, 1.82) is 0 Å². The number of carboxylic acid groups (broad SMARTS) is 1. The number of aromatic nitrogens is 6. The lowest BCUT2D eigenvalue weighted by atomic mass is 9.97. The van der Waals surface area contributed by atoms with E-state index in [1.807, 2.05) is 9.47 Å². The number of ether oxygens (including phenoxy) is 1. The molecule has 0 amide bonds. The highest BCUT2D eigenvalue weighted by molar-refractivity contribution is 7.99. The van der Waals surface area contributed by atoms with Crippen molar-refractivity contribution in [3.05, 3.63) is 48.8 Å². The molecule has 5 heterocycles. The van der Waals surface area contributed by atoms with Gasteiger partial charge in [-0.15, -0.1) is 0 Å². The summed E-state index contributed by atoms with van der Waals surface area (Å²) in [4.78, 5) is 39.2. The fourth-order valence-electron chi connectivity index (χ4n) is 4.76. The van der Waals surface area contributed by atoms with Gasteiger partial charge in [-0.1, -0.05) is 17.8 Å². The van der Waals surface area contributed by atoms with Crippen LogP contribution in [0.5, 0.6) is 0 Å². The zero-order valence-corrected chi connectivity index (χ0v) is 20.4. The topological polar surface area (TPSA) is 122 Å². The van der Waals surface area contributed by atoms with Gasteiger partial charge in [0.25, 0.3) is 0 Å². The van der Waals surface area contributed by atoms with E-state index in [-0.39, 0.29) is 5.92 Å². The monoisotopic (exact) mass is 504 g/mol. The average Bonchev–Trinajstić information content (AvgIpc) is 3.32. The molecule has 1 fully saturated rings. The predicted octanol–water partition coefficient (Wildman–Crippen LogP) is 3.17. The van der Waals surface area contributed by atoms with Crippen LogP contribution in [0.1, 0.15) is 18.4 Å². The van der Waals surface area contributed by atoms with Gasteiger partial charge in [-0.25, -0.2) is 24.9 Å². The Morgan fingerprint density at radius 3 is 2.75 bits per heavy atom. The van der Waals surface area contributed by atoms with Gasteiger partial charge in [0.15, 0.2) is 22.8 Å². The van der Waals surface area contributed by atoms with Crippen LogP contribution >= 0.6 is 11.8 Å². The van der Waals surface area contributed by atoms with Crippen LogP contribution in [-0.2, 0) is 16.1 Å². The Morgan fingerprint density at radius 1 is 1.11 bits per heavy atom. The van der Waals surface area contributed by atoms with Crippen molar-refractivity contribution in [2.45, 2.75) is 29.3 Å². The van der Waals surface area contributed by atoms with Gasteiger partial charge >= 0.3 is 5.97 Å². The molecule has 1 aromatic carbocycles. The van der Waals surface area contributed by atoms with E-state index >= 15 is 0 Å². The Hall–Kier alpha value is -3.77. The second-order valence-electron chi connectivity index (χ2n) is 8.78. The SMILES string of the molecule is COCN1c2cc(Cn3cnc4c(N5CCC(C(=O)O)CC5)ncnc43)ccc2Sc2nccnc21. The third-order valence-electron chi connectivity index (χ3n) is 6.56. The standard InChI is InChI=1S/C24H24N8O3S/c1-35-14-32-17-10-15(2-3-18(17)36-23-22(32)25-6-7-26-23)11-31-13-29-19-20(27-12-28-21(19)31)30-8-4-16(5-9-30)24(33)34/h2-3,6-7,10,12-13,16H,4-5,8-9,11,14H2,1H3,(H,33,34). The summed E-state index contributed by atoms with van der Waals surface area (Å²) in [5.41, 5.74) is 3.58. The van der Waals surface area contributed by atoms with E-state index in [9.17, 15) is 9.90 Å². The minimum Gasteiger partial charge on any atom is -0.481 e. The summed E-state index contributed by atoms with van der Waals surface area (Å²) in [6.07, 6.45) is 7.93. The predicted molar refractivity (Wildman–Crippen MR) is 134 cm³/mol. The van der Waals surface area contributed by atoms with Crippen molar-refractivity contribution in [2.75, 3.05) is 36.7 Å². The van der Waals surface area contributed by atoms with Crippen LogP contribution in [0.15, 0.2) is 53.2 Å². The second kappa shape index (κ2) is 9.36. The van der Waals surface area contributed by atoms with Gasteiger partial charge in [-0.05, 0) is 30.5 Å². The normalized spacial score (nSPS) is 15.7. The molecule has 0 radical (unpaired) electrons. The Morgan fingerprint density at radius 2 is 1.94 bits per heavy atom. The summed E-state index contributed by atoms with van der Waals surface area (Å²) in [7, 11) is 1.67. The summed E-state index contributed by atoms with van der Waals surface area (Å²) >= 11 is 1.60. The van der Waals surface area contributed by atoms with Gasteiger partial charge in [-0.2, -0.15) is 0 Å². The van der Waals surface area contributed by atoms with Gasteiger partial charge in [-0.3, -0.25) is 9.69 Å². The minimum atomic E-state index is -0.727. The summed E-state index contributed by atoms with van der Waals surface area (Å²) in [5, 5.41) is 10.2. The van der Waals surface area contributed by atoms with Gasteiger partial charge in [0.1, 0.15) is 18.1 Å². The third-order valence-corrected chi connectivity index (χ3v) is 7.61. The molecule has 0 unspecified atom stereocenters. The maximum Gasteiger partial charge on any atom is 0.306 e. The van der Waals surface area contributed by atoms with Gasteiger partial charge in [0.05, 0.1) is 24.5 Å². The van der Waals surface area contributed by atoms with E-state index in [0.29, 0.717) is 39.2 Å². The number of fused-ring (bicyclic) bond motifs is 3. The zero-order valence-electron chi connectivity index (χ0n) is 19.6. The van der Waals surface area contributed by atoms with Crippen LogP contribution in [0.2, 0.25) is 0 Å². The fourth-order valence-corrected chi connectivity index (χ4v) is 5.75. The van der Waals surface area contributed by atoms with E-state index in [1.54, 1.807) is 43.9 Å². The van der Waals surface area contributed by atoms with Gasteiger partial charge in [0.2, 0.25) is 0 Å². The molecule has 0 spiro atoms. The first-order chi connectivity index (χ1) is 17.6. The van der Waals surface area contributed by atoms with E-state index in [2.05, 4.69) is 48.0 Å². The van der Waals surface area contributed by atoms with E-state index in [0.717, 1.165) is 44.0 Å². The molecule has 1 saturated heterocycles. The fraction of sp³-hybridized carbons (Fsp3) is 0.333. The number of benzene rings is 1. The third kappa shape index (κ3) is 4.01. The number of aliphatic carboxylic acids is 1. The lowest BCUT2D eigenvalue weighted by molar-refractivity contribution is -0.142. The number of carboxylic acids is 1. The number of imidazole rings is 1. The Bertz CT molecular complexity index is 1440. The first kappa shape index (κ1) is 22.7. The molecule has 184 valence electrons. The molecule has 2 aliphatic rings. The number of hydrogen-bond acceptors (Lipinski definition) is 10. The van der Waals surface area contributed by atoms with Crippen molar-refractivity contribution < 1.29 is 14.6 Å². The molecule has 0 aliphatic carbocycles. The summed E-state index contributed by atoms with van der Waals surface area (Å²) < 4.78 is 7.48. The molecule has 6 rings (SSSR count). The number of piperidine rings is 1. The van der Waals surface area contributed by atoms with Crippen molar-refractivity contribution in [2.24, 2.45) is 5.92 Å². The maximum absolute atomic E-state index is 11.3. The zero-order chi connectivity index (χ0) is 24.6. The first-order valence-electron chi connectivity index (χ1n) is 11.6. The molecule has 2 aliphatic heterocycles.